The number of rotatable bonds is 7. The maximum atomic E-state index is 12.5. The third-order valence-corrected chi connectivity index (χ3v) is 5.49. The highest BCUT2D eigenvalue weighted by Gasteiger charge is 2.24. The Labute approximate surface area is 157 Å². The van der Waals surface area contributed by atoms with Gasteiger partial charge < -0.3 is 14.6 Å². The monoisotopic (exact) mass is 388 g/mol. The second-order valence-corrected chi connectivity index (χ2v) is 7.51. The fraction of sp³-hybridized carbons (Fsp3) is 0.222. The van der Waals surface area contributed by atoms with Crippen molar-refractivity contribution in [2.45, 2.75) is 25.3 Å². The zero-order valence-electron chi connectivity index (χ0n) is 15.2. The summed E-state index contributed by atoms with van der Waals surface area (Å²) in [6.07, 6.45) is 1.56. The van der Waals surface area contributed by atoms with Crippen LogP contribution < -0.4 is 14.8 Å². The Kier molecular flexibility index (Phi) is 5.31. The molecule has 0 aliphatic carbocycles. The van der Waals surface area contributed by atoms with Crippen LogP contribution >= 0.6 is 0 Å². The van der Waals surface area contributed by atoms with E-state index in [4.69, 9.17) is 9.26 Å². The molecule has 0 saturated heterocycles. The molecule has 0 spiro atoms. The summed E-state index contributed by atoms with van der Waals surface area (Å²) >= 11 is 0. The van der Waals surface area contributed by atoms with Crippen molar-refractivity contribution < 1.29 is 17.7 Å². The zero-order chi connectivity index (χ0) is 19.4. The van der Waals surface area contributed by atoms with Crippen LogP contribution in [0.1, 0.15) is 17.0 Å². The number of nitrogens with zero attached hydrogens (tertiary/aromatic N) is 2. The largest absolute Gasteiger partial charge is 0.497 e. The van der Waals surface area contributed by atoms with E-state index in [1.807, 2.05) is 24.3 Å². The number of hydrogen-bond donors (Lipinski definition) is 2. The van der Waals surface area contributed by atoms with Crippen LogP contribution in [0.15, 0.2) is 52.0 Å². The Hall–Kier alpha value is -3.07. The molecule has 0 unspecified atom stereocenters. The molecule has 142 valence electrons. The van der Waals surface area contributed by atoms with Crippen LogP contribution in [0.25, 0.3) is 0 Å². The van der Waals surface area contributed by atoms with E-state index in [-0.39, 0.29) is 16.5 Å². The molecule has 1 aromatic carbocycles. The van der Waals surface area contributed by atoms with Crippen LogP contribution in [0.5, 0.6) is 5.75 Å². The van der Waals surface area contributed by atoms with E-state index in [0.717, 1.165) is 17.0 Å². The lowest BCUT2D eigenvalue weighted by Gasteiger charge is -2.09. The lowest BCUT2D eigenvalue weighted by molar-refractivity contribution is 0.390. The SMILES string of the molecule is COc1ccc(CNc2ccc(NS(=O)(=O)c3c(C)noc3C)nc2)cc1. The van der Waals surface area contributed by atoms with Crippen molar-refractivity contribution in [1.29, 1.82) is 0 Å². The van der Waals surface area contributed by atoms with Crippen molar-refractivity contribution in [3.8, 4) is 5.75 Å². The van der Waals surface area contributed by atoms with Crippen LogP contribution in [0.4, 0.5) is 11.5 Å². The Balaban J connectivity index is 1.64. The molecule has 0 atom stereocenters. The van der Waals surface area contributed by atoms with Gasteiger partial charge in [0.05, 0.1) is 19.0 Å². The summed E-state index contributed by atoms with van der Waals surface area (Å²) in [5.74, 6) is 1.25. The third-order valence-electron chi connectivity index (χ3n) is 3.89. The van der Waals surface area contributed by atoms with Gasteiger partial charge in [0.25, 0.3) is 10.0 Å². The molecule has 0 bridgehead atoms. The van der Waals surface area contributed by atoms with E-state index in [9.17, 15) is 8.42 Å². The Morgan fingerprint density at radius 1 is 1.11 bits per heavy atom. The molecule has 0 radical (unpaired) electrons. The van der Waals surface area contributed by atoms with Crippen molar-refractivity contribution in [1.82, 2.24) is 10.1 Å². The Bertz CT molecular complexity index is 993. The summed E-state index contributed by atoms with van der Waals surface area (Å²) in [6, 6.07) is 11.0. The van der Waals surface area contributed by atoms with Gasteiger partial charge in [0.1, 0.15) is 17.3 Å². The molecular weight excluding hydrogens is 368 g/mol. The molecule has 9 heteroatoms. The van der Waals surface area contributed by atoms with E-state index < -0.39 is 10.0 Å². The van der Waals surface area contributed by atoms with Crippen molar-refractivity contribution in [3.05, 3.63) is 59.6 Å². The molecule has 0 fully saturated rings. The maximum absolute atomic E-state index is 12.5. The molecule has 3 aromatic rings. The summed E-state index contributed by atoms with van der Waals surface area (Å²) < 4.78 is 37.4. The van der Waals surface area contributed by atoms with Gasteiger partial charge in [-0.1, -0.05) is 17.3 Å². The van der Waals surface area contributed by atoms with Gasteiger partial charge >= 0.3 is 0 Å². The van der Waals surface area contributed by atoms with Gasteiger partial charge in [-0.05, 0) is 43.7 Å². The smallest absolute Gasteiger partial charge is 0.268 e. The topological polar surface area (TPSA) is 106 Å². The standard InChI is InChI=1S/C18H20N4O4S/c1-12-18(13(2)26-21-12)27(23,24)22-17-9-6-15(11-20-17)19-10-14-4-7-16(25-3)8-5-14/h4-9,11,19H,10H2,1-3H3,(H,20,22). The summed E-state index contributed by atoms with van der Waals surface area (Å²) in [7, 11) is -2.18. The minimum Gasteiger partial charge on any atom is -0.497 e. The summed E-state index contributed by atoms with van der Waals surface area (Å²) in [5, 5.41) is 6.90. The van der Waals surface area contributed by atoms with E-state index >= 15 is 0 Å². The molecule has 0 aliphatic heterocycles. The first-order valence-corrected chi connectivity index (χ1v) is 9.66. The first-order valence-electron chi connectivity index (χ1n) is 8.17. The highest BCUT2D eigenvalue weighted by molar-refractivity contribution is 7.92. The van der Waals surface area contributed by atoms with E-state index in [1.165, 1.54) is 0 Å². The Morgan fingerprint density at radius 2 is 1.85 bits per heavy atom. The maximum Gasteiger partial charge on any atom is 0.268 e. The first kappa shape index (κ1) is 18.7. The van der Waals surface area contributed by atoms with E-state index in [1.54, 1.807) is 39.3 Å². The molecule has 0 amide bonds. The van der Waals surface area contributed by atoms with Crippen LogP contribution in [-0.4, -0.2) is 25.7 Å². The van der Waals surface area contributed by atoms with Crippen molar-refractivity contribution in [2.24, 2.45) is 0 Å². The minimum absolute atomic E-state index is 0.0333. The lowest BCUT2D eigenvalue weighted by atomic mass is 10.2. The quantitative estimate of drug-likeness (QED) is 0.640. The molecule has 2 N–H and O–H groups in total. The molecule has 2 heterocycles. The fourth-order valence-corrected chi connectivity index (χ4v) is 3.89. The number of anilines is 2. The lowest BCUT2D eigenvalue weighted by Crippen LogP contribution is -2.15. The van der Waals surface area contributed by atoms with Crippen molar-refractivity contribution in [2.75, 3.05) is 17.1 Å². The Morgan fingerprint density at radius 3 is 2.41 bits per heavy atom. The normalized spacial score (nSPS) is 11.2. The second-order valence-electron chi connectivity index (χ2n) is 5.89. The van der Waals surface area contributed by atoms with Gasteiger partial charge in [-0.25, -0.2) is 13.4 Å². The third kappa shape index (κ3) is 4.37. The van der Waals surface area contributed by atoms with Gasteiger partial charge in [-0.15, -0.1) is 0 Å². The summed E-state index contributed by atoms with van der Waals surface area (Å²) in [6.45, 7) is 3.73. The van der Waals surface area contributed by atoms with Crippen LogP contribution in [0.3, 0.4) is 0 Å². The van der Waals surface area contributed by atoms with Gasteiger partial charge in [0.2, 0.25) is 0 Å². The molecule has 0 saturated carbocycles. The molecule has 27 heavy (non-hydrogen) atoms. The molecule has 2 aromatic heterocycles. The number of hydrogen-bond acceptors (Lipinski definition) is 7. The molecular formula is C18H20N4O4S. The predicted molar refractivity (Wildman–Crippen MR) is 101 cm³/mol. The predicted octanol–water partition coefficient (Wildman–Crippen LogP) is 3.11. The highest BCUT2D eigenvalue weighted by atomic mass is 32.2. The number of aryl methyl sites for hydroxylation is 2. The van der Waals surface area contributed by atoms with Gasteiger partial charge in [0.15, 0.2) is 10.7 Å². The number of nitrogens with one attached hydrogen (secondary N) is 2. The zero-order valence-corrected chi connectivity index (χ0v) is 16.0. The van der Waals surface area contributed by atoms with E-state index in [0.29, 0.717) is 12.2 Å². The van der Waals surface area contributed by atoms with Gasteiger partial charge in [-0.2, -0.15) is 0 Å². The molecule has 3 rings (SSSR count). The number of pyridine rings is 1. The molecule has 8 nitrogen and oxygen atoms in total. The van der Waals surface area contributed by atoms with Crippen LogP contribution in [0.2, 0.25) is 0 Å². The number of aromatic nitrogens is 2. The number of sulfonamides is 1. The van der Waals surface area contributed by atoms with Crippen LogP contribution in [0, 0.1) is 13.8 Å². The highest BCUT2D eigenvalue weighted by Crippen LogP contribution is 2.22. The van der Waals surface area contributed by atoms with Gasteiger partial charge in [-0.3, -0.25) is 4.72 Å². The average Bonchev–Trinajstić information content (AvgIpc) is 3.00. The summed E-state index contributed by atoms with van der Waals surface area (Å²) in [5.41, 5.74) is 2.16. The van der Waals surface area contributed by atoms with Gasteiger partial charge in [0, 0.05) is 6.54 Å². The molecule has 0 aliphatic rings. The number of benzene rings is 1. The first-order chi connectivity index (χ1) is 12.9. The fourth-order valence-electron chi connectivity index (χ4n) is 2.55. The number of ether oxygens (including phenoxy) is 1. The average molecular weight is 388 g/mol. The minimum atomic E-state index is -3.81. The van der Waals surface area contributed by atoms with Crippen molar-refractivity contribution >= 4 is 21.5 Å². The second kappa shape index (κ2) is 7.67. The van der Waals surface area contributed by atoms with Crippen LogP contribution in [-0.2, 0) is 16.6 Å². The van der Waals surface area contributed by atoms with Crippen molar-refractivity contribution in [3.63, 3.8) is 0 Å². The summed E-state index contributed by atoms with van der Waals surface area (Å²) in [4.78, 5) is 4.18. The van der Waals surface area contributed by atoms with E-state index in [2.05, 4.69) is 20.2 Å². The number of methoxy groups -OCH3 is 1.